The van der Waals surface area contributed by atoms with Crippen LogP contribution >= 0.6 is 0 Å². The van der Waals surface area contributed by atoms with Crippen molar-refractivity contribution in [2.24, 2.45) is 5.92 Å². The minimum Gasteiger partial charge on any atom is -0.459 e. The average Bonchev–Trinajstić information content (AvgIpc) is 3.24. The fourth-order valence-electron chi connectivity index (χ4n) is 3.32. The second kappa shape index (κ2) is 6.63. The first-order valence-corrected chi connectivity index (χ1v) is 8.97. The molecule has 0 aromatic carbocycles. The lowest BCUT2D eigenvalue weighted by Gasteiger charge is -2.26. The number of rotatable bonds is 5. The number of hydrogen-bond acceptors (Lipinski definition) is 5. The van der Waals surface area contributed by atoms with E-state index in [2.05, 4.69) is 14.8 Å². The zero-order chi connectivity index (χ0) is 17.4. The molecule has 1 aliphatic carbocycles. The van der Waals surface area contributed by atoms with Gasteiger partial charge in [-0.1, -0.05) is 0 Å². The quantitative estimate of drug-likeness (QED) is 0.831. The third kappa shape index (κ3) is 3.33. The number of nitrogens with zero attached hydrogens (tertiary/aromatic N) is 4. The second-order valence-corrected chi connectivity index (χ2v) is 7.13. The number of aryl methyl sites for hydroxylation is 1. The molecule has 7 heteroatoms. The Labute approximate surface area is 147 Å². The Morgan fingerprint density at radius 2 is 2.20 bits per heavy atom. The van der Waals surface area contributed by atoms with E-state index in [1.165, 1.54) is 12.8 Å². The molecule has 0 unspecified atom stereocenters. The van der Waals surface area contributed by atoms with E-state index in [9.17, 15) is 4.79 Å². The van der Waals surface area contributed by atoms with Gasteiger partial charge in [-0.2, -0.15) is 0 Å². The van der Waals surface area contributed by atoms with Gasteiger partial charge in [0, 0.05) is 37.7 Å². The first kappa shape index (κ1) is 16.3. The molecule has 1 saturated carbocycles. The Hall–Kier alpha value is -2.15. The molecule has 7 nitrogen and oxygen atoms in total. The molecule has 0 spiro atoms. The van der Waals surface area contributed by atoms with Gasteiger partial charge in [-0.15, -0.1) is 10.2 Å². The van der Waals surface area contributed by atoms with E-state index in [4.69, 9.17) is 9.15 Å². The van der Waals surface area contributed by atoms with Crippen molar-refractivity contribution in [3.05, 3.63) is 35.3 Å². The van der Waals surface area contributed by atoms with Crippen molar-refractivity contribution >= 4 is 5.91 Å². The van der Waals surface area contributed by atoms with Crippen LogP contribution in [0.5, 0.6) is 0 Å². The molecular weight excluding hydrogens is 320 g/mol. The fraction of sp³-hybridized carbons (Fsp3) is 0.611. The van der Waals surface area contributed by atoms with Gasteiger partial charge in [0.15, 0.2) is 11.6 Å². The third-order valence-electron chi connectivity index (χ3n) is 5.08. The molecule has 2 aromatic rings. The number of amides is 1. The number of hydrogen-bond donors (Lipinski definition) is 0. The molecule has 4 rings (SSSR count). The smallest absolute Gasteiger partial charge is 0.290 e. The largest absolute Gasteiger partial charge is 0.459 e. The molecule has 0 bridgehead atoms. The van der Waals surface area contributed by atoms with E-state index in [0.717, 1.165) is 29.7 Å². The molecule has 25 heavy (non-hydrogen) atoms. The summed E-state index contributed by atoms with van der Waals surface area (Å²) < 4.78 is 13.3. The molecule has 0 N–H and O–H groups in total. The van der Waals surface area contributed by atoms with Gasteiger partial charge in [0.1, 0.15) is 12.4 Å². The van der Waals surface area contributed by atoms with Gasteiger partial charge < -0.3 is 18.6 Å². The van der Waals surface area contributed by atoms with Crippen LogP contribution in [0, 0.1) is 12.8 Å². The Kier molecular flexibility index (Phi) is 4.33. The minimum atomic E-state index is -0.0553. The number of carbonyl (C=O) groups is 1. The van der Waals surface area contributed by atoms with Gasteiger partial charge in [-0.25, -0.2) is 0 Å². The first-order chi connectivity index (χ1) is 12.1. The van der Waals surface area contributed by atoms with E-state index < -0.39 is 0 Å². The van der Waals surface area contributed by atoms with Crippen LogP contribution in [0.25, 0.3) is 0 Å². The topological polar surface area (TPSA) is 73.4 Å². The Balaban J connectivity index is 1.46. The van der Waals surface area contributed by atoms with Crippen LogP contribution in [0.2, 0.25) is 0 Å². The number of furan rings is 1. The summed E-state index contributed by atoms with van der Waals surface area (Å²) in [6, 6.07) is 1.86. The highest BCUT2D eigenvalue weighted by Crippen LogP contribution is 2.29. The van der Waals surface area contributed by atoms with Gasteiger partial charge in [0.25, 0.3) is 5.91 Å². The van der Waals surface area contributed by atoms with Crippen molar-refractivity contribution in [2.45, 2.75) is 52.3 Å². The molecule has 2 aromatic heterocycles. The highest BCUT2D eigenvalue weighted by atomic mass is 16.5. The third-order valence-corrected chi connectivity index (χ3v) is 5.08. The fourth-order valence-corrected chi connectivity index (χ4v) is 3.32. The number of ether oxygens (including phenoxy) is 1. The molecule has 1 amide bonds. The van der Waals surface area contributed by atoms with Crippen molar-refractivity contribution in [3.8, 4) is 0 Å². The van der Waals surface area contributed by atoms with Crippen molar-refractivity contribution in [1.29, 1.82) is 0 Å². The van der Waals surface area contributed by atoms with Gasteiger partial charge in [0.05, 0.1) is 6.26 Å². The molecule has 0 radical (unpaired) electrons. The van der Waals surface area contributed by atoms with Crippen molar-refractivity contribution < 1.29 is 13.9 Å². The Bertz CT molecular complexity index is 762. The van der Waals surface area contributed by atoms with E-state index >= 15 is 0 Å². The Morgan fingerprint density at radius 1 is 1.36 bits per heavy atom. The predicted octanol–water partition coefficient (Wildman–Crippen LogP) is 2.19. The lowest BCUT2D eigenvalue weighted by Crippen LogP contribution is -2.40. The molecule has 134 valence electrons. The Morgan fingerprint density at radius 3 is 2.92 bits per heavy atom. The molecule has 1 fully saturated rings. The van der Waals surface area contributed by atoms with Gasteiger partial charge >= 0.3 is 0 Å². The zero-order valence-corrected chi connectivity index (χ0v) is 14.8. The van der Waals surface area contributed by atoms with Crippen LogP contribution < -0.4 is 0 Å². The van der Waals surface area contributed by atoms with Gasteiger partial charge in [0.2, 0.25) is 0 Å². The summed E-state index contributed by atoms with van der Waals surface area (Å²) in [6.45, 7) is 6.53. The summed E-state index contributed by atoms with van der Waals surface area (Å²) >= 11 is 0. The maximum atomic E-state index is 12.8. The molecule has 0 saturated heterocycles. The van der Waals surface area contributed by atoms with E-state index in [0.29, 0.717) is 31.9 Å². The van der Waals surface area contributed by atoms with Crippen LogP contribution in [0.3, 0.4) is 0 Å². The van der Waals surface area contributed by atoms with Crippen LogP contribution in [-0.4, -0.2) is 44.8 Å². The highest BCUT2D eigenvalue weighted by Gasteiger charge is 2.30. The summed E-state index contributed by atoms with van der Waals surface area (Å²) in [4.78, 5) is 14.7. The SMILES string of the molecule is Cc1ccoc1C(=O)N1CCn2c(COCC3CC3)nnc2C[C@H]1C. The molecular formula is C18H24N4O3. The van der Waals surface area contributed by atoms with Crippen molar-refractivity contribution in [1.82, 2.24) is 19.7 Å². The standard InChI is InChI=1S/C18H24N4O3/c1-12-5-8-25-17(12)18(23)21-6-7-22-15(9-13(21)2)19-20-16(22)11-24-10-14-3-4-14/h5,8,13-14H,3-4,6-7,9-11H2,1-2H3/t13-/m1/s1. The van der Waals surface area contributed by atoms with E-state index in [-0.39, 0.29) is 11.9 Å². The first-order valence-electron chi connectivity index (χ1n) is 8.97. The van der Waals surface area contributed by atoms with Gasteiger partial charge in [-0.3, -0.25) is 4.79 Å². The van der Waals surface area contributed by atoms with E-state index in [1.807, 2.05) is 24.8 Å². The van der Waals surface area contributed by atoms with Gasteiger partial charge in [-0.05, 0) is 38.7 Å². The molecule has 1 aliphatic heterocycles. The summed E-state index contributed by atoms with van der Waals surface area (Å²) in [5.41, 5.74) is 0.870. The maximum absolute atomic E-state index is 12.8. The summed E-state index contributed by atoms with van der Waals surface area (Å²) in [5.74, 6) is 2.88. The van der Waals surface area contributed by atoms with Crippen molar-refractivity contribution in [3.63, 3.8) is 0 Å². The van der Waals surface area contributed by atoms with E-state index in [1.54, 1.807) is 6.26 Å². The number of carbonyl (C=O) groups excluding carboxylic acids is 1. The zero-order valence-electron chi connectivity index (χ0n) is 14.8. The molecule has 2 aliphatic rings. The van der Waals surface area contributed by atoms with Crippen LogP contribution in [0.4, 0.5) is 0 Å². The summed E-state index contributed by atoms with van der Waals surface area (Å²) in [6.07, 6.45) is 4.80. The lowest BCUT2D eigenvalue weighted by atomic mass is 10.1. The second-order valence-electron chi connectivity index (χ2n) is 7.13. The minimum absolute atomic E-state index is 0.0442. The summed E-state index contributed by atoms with van der Waals surface area (Å²) in [5, 5.41) is 8.62. The number of fused-ring (bicyclic) bond motifs is 1. The van der Waals surface area contributed by atoms with Crippen LogP contribution in [0.1, 0.15) is 47.5 Å². The highest BCUT2D eigenvalue weighted by molar-refractivity contribution is 5.93. The monoisotopic (exact) mass is 344 g/mol. The lowest BCUT2D eigenvalue weighted by molar-refractivity contribution is 0.0660. The number of aromatic nitrogens is 3. The maximum Gasteiger partial charge on any atom is 0.290 e. The average molecular weight is 344 g/mol. The summed E-state index contributed by atoms with van der Waals surface area (Å²) in [7, 11) is 0. The molecule has 3 heterocycles. The molecule has 1 atom stereocenters. The van der Waals surface area contributed by atoms with Crippen LogP contribution in [-0.2, 0) is 24.3 Å². The predicted molar refractivity (Wildman–Crippen MR) is 90.0 cm³/mol. The normalized spacial score (nSPS) is 20.4. The van der Waals surface area contributed by atoms with Crippen molar-refractivity contribution in [2.75, 3.05) is 13.2 Å². The van der Waals surface area contributed by atoms with Crippen LogP contribution in [0.15, 0.2) is 16.7 Å².